The maximum absolute atomic E-state index is 13.7. The van der Waals surface area contributed by atoms with Crippen molar-refractivity contribution >= 4 is 29.8 Å². The number of carbonyl (C=O) groups excluding carboxylic acids is 4. The predicted octanol–water partition coefficient (Wildman–Crippen LogP) is 2.26. The number of benzene rings is 2. The second-order valence-corrected chi connectivity index (χ2v) is 11.5. The second-order valence-electron chi connectivity index (χ2n) is 11.5. The number of nitrogens with zero attached hydrogens (tertiary/aromatic N) is 3. The van der Waals surface area contributed by atoms with E-state index in [-0.39, 0.29) is 30.7 Å². The number of rotatable bonds is 12. The topological polar surface area (TPSA) is 140 Å². The smallest absolute Gasteiger partial charge is 0.246 e. The largest absolute Gasteiger partial charge is 0.390 e. The maximum atomic E-state index is 13.7. The number of Topliss-reactive ketones (excluding diaryl/α,β-unsaturated/α-hetero) is 1. The van der Waals surface area contributed by atoms with Gasteiger partial charge in [0.1, 0.15) is 12.6 Å². The van der Waals surface area contributed by atoms with Crippen molar-refractivity contribution in [3.8, 4) is 0 Å². The highest BCUT2D eigenvalue weighted by atomic mass is 16.2. The SMILES string of the molecule is CC(=O)C(CC1CCCN(C)C1)NC(=O)CN1C(=O)CN(CCCc2ccccc2)C(=O)C1Cc1ccccc1.N=CN. The van der Waals surface area contributed by atoms with Crippen LogP contribution in [-0.2, 0) is 32.0 Å². The predicted molar refractivity (Wildman–Crippen MR) is 167 cm³/mol. The fourth-order valence-corrected chi connectivity index (χ4v) is 5.91. The van der Waals surface area contributed by atoms with Crippen LogP contribution in [0.2, 0.25) is 0 Å². The molecule has 0 saturated carbocycles. The molecular formula is C33H46N6O4. The zero-order valence-corrected chi connectivity index (χ0v) is 25.4. The number of hydrogen-bond acceptors (Lipinski definition) is 6. The molecule has 2 fully saturated rings. The van der Waals surface area contributed by atoms with Gasteiger partial charge >= 0.3 is 0 Å². The van der Waals surface area contributed by atoms with Crippen molar-refractivity contribution in [2.75, 3.05) is 39.8 Å². The molecular weight excluding hydrogens is 544 g/mol. The molecule has 0 bridgehead atoms. The summed E-state index contributed by atoms with van der Waals surface area (Å²) < 4.78 is 0. The molecule has 2 saturated heterocycles. The maximum Gasteiger partial charge on any atom is 0.246 e. The van der Waals surface area contributed by atoms with Crippen molar-refractivity contribution in [1.82, 2.24) is 20.0 Å². The van der Waals surface area contributed by atoms with Crippen LogP contribution in [0.4, 0.5) is 0 Å². The molecule has 2 aromatic carbocycles. The number of nitrogens with one attached hydrogen (secondary N) is 2. The summed E-state index contributed by atoms with van der Waals surface area (Å²) in [7, 11) is 2.07. The van der Waals surface area contributed by atoms with Crippen molar-refractivity contribution in [3.63, 3.8) is 0 Å². The van der Waals surface area contributed by atoms with E-state index in [1.54, 1.807) is 4.90 Å². The van der Waals surface area contributed by atoms with Gasteiger partial charge in [0.15, 0.2) is 5.78 Å². The molecule has 4 N–H and O–H groups in total. The first-order valence-electron chi connectivity index (χ1n) is 15.1. The highest BCUT2D eigenvalue weighted by molar-refractivity contribution is 5.97. The lowest BCUT2D eigenvalue weighted by molar-refractivity contribution is -0.157. The summed E-state index contributed by atoms with van der Waals surface area (Å²) in [6, 6.07) is 18.3. The number of nitrogens with two attached hydrogens (primary N) is 1. The van der Waals surface area contributed by atoms with Crippen LogP contribution in [0.5, 0.6) is 0 Å². The monoisotopic (exact) mass is 590 g/mol. The molecule has 232 valence electrons. The van der Waals surface area contributed by atoms with E-state index in [0.717, 1.165) is 50.7 Å². The zero-order chi connectivity index (χ0) is 31.2. The van der Waals surface area contributed by atoms with Crippen molar-refractivity contribution in [2.45, 2.75) is 57.5 Å². The van der Waals surface area contributed by atoms with Gasteiger partial charge in [-0.2, -0.15) is 0 Å². The normalized spacial score (nSPS) is 19.7. The number of hydrogen-bond donors (Lipinski definition) is 3. The molecule has 10 nitrogen and oxygen atoms in total. The highest BCUT2D eigenvalue weighted by Crippen LogP contribution is 2.21. The summed E-state index contributed by atoms with van der Waals surface area (Å²) >= 11 is 0. The number of amides is 3. The van der Waals surface area contributed by atoms with Gasteiger partial charge in [0.2, 0.25) is 17.7 Å². The zero-order valence-electron chi connectivity index (χ0n) is 25.4. The fraction of sp³-hybridized carbons (Fsp3) is 0.485. The standard InChI is InChI=1S/C32H42N4O4.CH4N2/c1-24(37)28(19-27-16-9-17-34(2)21-27)33-30(38)22-36-29(20-26-13-7-4-8-14-26)32(40)35(23-31(36)39)18-10-15-25-11-5-3-6-12-25;2-1-3/h3-8,11-14,27-29H,9-10,15-23H2,1-2H3,(H,33,38);1H,(H3,2,3). The number of carbonyl (C=O) groups is 4. The van der Waals surface area contributed by atoms with Gasteiger partial charge in [-0.05, 0) is 69.7 Å². The average molecular weight is 591 g/mol. The summed E-state index contributed by atoms with van der Waals surface area (Å²) in [6.07, 6.45) is 5.34. The number of ketones is 1. The van der Waals surface area contributed by atoms with Crippen LogP contribution in [0.3, 0.4) is 0 Å². The van der Waals surface area contributed by atoms with E-state index in [1.165, 1.54) is 17.4 Å². The Kier molecular flexibility index (Phi) is 13.3. The van der Waals surface area contributed by atoms with E-state index in [1.807, 2.05) is 48.5 Å². The van der Waals surface area contributed by atoms with Crippen LogP contribution in [0.15, 0.2) is 60.7 Å². The molecule has 2 aliphatic heterocycles. The van der Waals surface area contributed by atoms with Gasteiger partial charge in [0.25, 0.3) is 0 Å². The first kappa shape index (κ1) is 33.5. The van der Waals surface area contributed by atoms with Crippen LogP contribution in [0, 0.1) is 11.3 Å². The molecule has 0 aliphatic carbocycles. The Balaban J connectivity index is 0.00000162. The summed E-state index contributed by atoms with van der Waals surface area (Å²) in [6.45, 7) is 3.64. The molecule has 3 unspecified atom stereocenters. The number of piperidine rings is 1. The molecule has 2 aliphatic rings. The van der Waals surface area contributed by atoms with Gasteiger partial charge < -0.3 is 25.8 Å². The van der Waals surface area contributed by atoms with E-state index >= 15 is 0 Å². The minimum absolute atomic E-state index is 0.0449. The minimum Gasteiger partial charge on any atom is -0.390 e. The molecule has 43 heavy (non-hydrogen) atoms. The average Bonchev–Trinajstić information content (AvgIpc) is 2.98. The van der Waals surface area contributed by atoms with Gasteiger partial charge in [-0.1, -0.05) is 60.7 Å². The first-order valence-corrected chi connectivity index (χ1v) is 15.1. The van der Waals surface area contributed by atoms with Gasteiger partial charge in [-0.25, -0.2) is 0 Å². The van der Waals surface area contributed by atoms with Gasteiger partial charge in [0.05, 0.1) is 18.9 Å². The number of likely N-dealkylation sites (tertiary alicyclic amines) is 1. The second kappa shape index (κ2) is 17.2. The molecule has 3 amide bonds. The van der Waals surface area contributed by atoms with E-state index < -0.39 is 18.0 Å². The van der Waals surface area contributed by atoms with Gasteiger partial charge in [-0.3, -0.25) is 24.6 Å². The third-order valence-electron chi connectivity index (χ3n) is 8.06. The van der Waals surface area contributed by atoms with Gasteiger partial charge in [-0.15, -0.1) is 0 Å². The van der Waals surface area contributed by atoms with E-state index in [2.05, 4.69) is 35.1 Å². The minimum atomic E-state index is -0.770. The molecule has 0 aromatic heterocycles. The third kappa shape index (κ3) is 10.6. The third-order valence-corrected chi connectivity index (χ3v) is 8.06. The summed E-state index contributed by atoms with van der Waals surface area (Å²) in [5.74, 6) is -0.545. The van der Waals surface area contributed by atoms with E-state index in [0.29, 0.717) is 25.3 Å². The summed E-state index contributed by atoms with van der Waals surface area (Å²) in [5, 5.41) is 8.74. The lowest BCUT2D eigenvalue weighted by Crippen LogP contribution is -2.62. The Morgan fingerprint density at radius 1 is 1.07 bits per heavy atom. The molecule has 3 atom stereocenters. The fourth-order valence-electron chi connectivity index (χ4n) is 5.91. The summed E-state index contributed by atoms with van der Waals surface area (Å²) in [5.41, 5.74) is 6.51. The lowest BCUT2D eigenvalue weighted by Gasteiger charge is -2.40. The Labute approximate surface area is 255 Å². The van der Waals surface area contributed by atoms with Gasteiger partial charge in [0, 0.05) is 19.5 Å². The molecule has 10 heteroatoms. The quantitative estimate of drug-likeness (QED) is 0.256. The van der Waals surface area contributed by atoms with Crippen molar-refractivity contribution in [3.05, 3.63) is 71.8 Å². The molecule has 2 aromatic rings. The van der Waals surface area contributed by atoms with Crippen LogP contribution in [-0.4, -0.2) is 96.4 Å². The van der Waals surface area contributed by atoms with Crippen LogP contribution in [0.1, 0.15) is 43.7 Å². The molecule has 0 spiro atoms. The van der Waals surface area contributed by atoms with E-state index in [9.17, 15) is 19.2 Å². The molecule has 0 radical (unpaired) electrons. The Morgan fingerprint density at radius 3 is 2.30 bits per heavy atom. The van der Waals surface area contributed by atoms with Crippen LogP contribution >= 0.6 is 0 Å². The van der Waals surface area contributed by atoms with Crippen LogP contribution in [0.25, 0.3) is 0 Å². The van der Waals surface area contributed by atoms with Crippen molar-refractivity contribution in [2.24, 2.45) is 11.7 Å². The highest BCUT2D eigenvalue weighted by Gasteiger charge is 2.40. The van der Waals surface area contributed by atoms with E-state index in [4.69, 9.17) is 5.41 Å². The van der Waals surface area contributed by atoms with Crippen molar-refractivity contribution < 1.29 is 19.2 Å². The lowest BCUT2D eigenvalue weighted by atomic mass is 9.90. The van der Waals surface area contributed by atoms with Crippen molar-refractivity contribution in [1.29, 1.82) is 5.41 Å². The Bertz CT molecular complexity index is 1210. The Morgan fingerprint density at radius 2 is 1.70 bits per heavy atom. The van der Waals surface area contributed by atoms with Crippen LogP contribution < -0.4 is 11.1 Å². The molecule has 2 heterocycles. The molecule has 4 rings (SSSR count). The number of piperazine rings is 1. The number of aryl methyl sites for hydroxylation is 1. The first-order chi connectivity index (χ1) is 20.7. The Hall–Kier alpha value is -4.05. The summed E-state index contributed by atoms with van der Waals surface area (Å²) in [4.78, 5) is 58.0.